The minimum atomic E-state index is -0.616. The van der Waals surface area contributed by atoms with Crippen molar-refractivity contribution in [3.05, 3.63) is 0 Å². The van der Waals surface area contributed by atoms with Crippen molar-refractivity contribution >= 4 is 0 Å². The number of rotatable bonds is 1. The topological polar surface area (TPSA) is 29.5 Å². The summed E-state index contributed by atoms with van der Waals surface area (Å²) in [5, 5.41) is 8.14. The summed E-state index contributed by atoms with van der Waals surface area (Å²) in [4.78, 5) is 0. The summed E-state index contributed by atoms with van der Waals surface area (Å²) < 4.78 is 4.31. The van der Waals surface area contributed by atoms with E-state index in [1.54, 1.807) is 6.92 Å². The van der Waals surface area contributed by atoms with E-state index in [0.717, 1.165) is 0 Å². The van der Waals surface area contributed by atoms with Crippen molar-refractivity contribution in [2.75, 3.05) is 7.11 Å². The van der Waals surface area contributed by atoms with Gasteiger partial charge < -0.3 is 9.84 Å². The SMILES string of the molecule is COC(C)O.[Na+]. The van der Waals surface area contributed by atoms with Crippen LogP contribution in [0, 0.1) is 0 Å². The molecule has 1 unspecified atom stereocenters. The molecule has 0 heterocycles. The molecular weight excluding hydrogens is 91.0 g/mol. The Morgan fingerprint density at radius 1 is 1.67 bits per heavy atom. The van der Waals surface area contributed by atoms with E-state index in [0.29, 0.717) is 0 Å². The van der Waals surface area contributed by atoms with Gasteiger partial charge in [0.15, 0.2) is 6.29 Å². The van der Waals surface area contributed by atoms with Crippen molar-refractivity contribution in [1.29, 1.82) is 0 Å². The molecule has 0 amide bonds. The van der Waals surface area contributed by atoms with Crippen molar-refractivity contribution in [3.8, 4) is 0 Å². The minimum absolute atomic E-state index is 0. The van der Waals surface area contributed by atoms with Crippen LogP contribution >= 0.6 is 0 Å². The predicted molar refractivity (Wildman–Crippen MR) is 18.7 cm³/mol. The first-order valence-corrected chi connectivity index (χ1v) is 1.48. The Hall–Kier alpha value is 0.920. The van der Waals surface area contributed by atoms with Crippen molar-refractivity contribution in [2.45, 2.75) is 13.2 Å². The van der Waals surface area contributed by atoms with Gasteiger partial charge in [0, 0.05) is 7.11 Å². The summed E-state index contributed by atoms with van der Waals surface area (Å²) >= 11 is 0. The van der Waals surface area contributed by atoms with Crippen LogP contribution in [0.1, 0.15) is 6.92 Å². The molecule has 0 spiro atoms. The van der Waals surface area contributed by atoms with Crippen molar-refractivity contribution in [2.24, 2.45) is 0 Å². The smallest absolute Gasteiger partial charge is 0.368 e. The third-order valence-corrected chi connectivity index (χ3v) is 0.341. The third-order valence-electron chi connectivity index (χ3n) is 0.341. The molecule has 0 aromatic rings. The van der Waals surface area contributed by atoms with Gasteiger partial charge in [-0.25, -0.2) is 0 Å². The Kier molecular flexibility index (Phi) is 9.89. The molecule has 0 saturated heterocycles. The molecule has 0 saturated carbocycles. The van der Waals surface area contributed by atoms with Crippen LogP contribution in [-0.2, 0) is 4.74 Å². The summed E-state index contributed by atoms with van der Waals surface area (Å²) in [6.45, 7) is 1.56. The molecule has 0 fully saturated rings. The molecule has 32 valence electrons. The monoisotopic (exact) mass is 99.0 g/mol. The summed E-state index contributed by atoms with van der Waals surface area (Å²) in [7, 11) is 1.45. The Balaban J connectivity index is 0. The minimum Gasteiger partial charge on any atom is -0.368 e. The van der Waals surface area contributed by atoms with Crippen molar-refractivity contribution < 1.29 is 39.4 Å². The van der Waals surface area contributed by atoms with E-state index in [4.69, 9.17) is 5.11 Å². The largest absolute Gasteiger partial charge is 1.00 e. The quantitative estimate of drug-likeness (QED) is 0.280. The van der Waals surface area contributed by atoms with E-state index in [1.165, 1.54) is 7.11 Å². The molecule has 1 N–H and O–H groups in total. The maximum Gasteiger partial charge on any atom is 1.00 e. The first kappa shape index (κ1) is 10.0. The van der Waals surface area contributed by atoms with Gasteiger partial charge in [-0.15, -0.1) is 0 Å². The average molecular weight is 99.1 g/mol. The van der Waals surface area contributed by atoms with E-state index in [-0.39, 0.29) is 29.6 Å². The number of hydrogen-bond acceptors (Lipinski definition) is 2. The van der Waals surface area contributed by atoms with Gasteiger partial charge in [0.2, 0.25) is 0 Å². The zero-order valence-corrected chi connectivity index (χ0v) is 6.43. The molecule has 1 atom stereocenters. The second-order valence-electron chi connectivity index (χ2n) is 0.835. The standard InChI is InChI=1S/C3H8O2.Na/c1-3(4)5-2;/h3-4H,1-2H3;/q;+1. The van der Waals surface area contributed by atoms with Crippen LogP contribution in [0.4, 0.5) is 0 Å². The fourth-order valence-corrected chi connectivity index (χ4v) is 0. The fourth-order valence-electron chi connectivity index (χ4n) is 0. The molecule has 0 aliphatic carbocycles. The maximum absolute atomic E-state index is 8.14. The molecule has 6 heavy (non-hydrogen) atoms. The van der Waals surface area contributed by atoms with Crippen LogP contribution in [0.15, 0.2) is 0 Å². The third kappa shape index (κ3) is 8.87. The average Bonchev–Trinajstić information content (AvgIpc) is 1.38. The van der Waals surface area contributed by atoms with Crippen LogP contribution in [-0.4, -0.2) is 18.5 Å². The molecule has 2 nitrogen and oxygen atoms in total. The summed E-state index contributed by atoms with van der Waals surface area (Å²) in [5.41, 5.74) is 0. The Labute approximate surface area is 59.8 Å². The van der Waals surface area contributed by atoms with Crippen LogP contribution < -0.4 is 29.6 Å². The fraction of sp³-hybridized carbons (Fsp3) is 1.00. The van der Waals surface area contributed by atoms with Gasteiger partial charge in [-0.05, 0) is 6.92 Å². The zero-order valence-electron chi connectivity index (χ0n) is 4.43. The number of hydrogen-bond donors (Lipinski definition) is 1. The van der Waals surface area contributed by atoms with Gasteiger partial charge in [0.1, 0.15) is 0 Å². The van der Waals surface area contributed by atoms with E-state index < -0.39 is 6.29 Å². The molecule has 0 radical (unpaired) electrons. The van der Waals surface area contributed by atoms with Crippen LogP contribution in [0.2, 0.25) is 0 Å². The van der Waals surface area contributed by atoms with Crippen molar-refractivity contribution in [1.82, 2.24) is 0 Å². The molecule has 0 aromatic carbocycles. The number of ether oxygens (including phenoxy) is 1. The second kappa shape index (κ2) is 5.92. The molecule has 3 heteroatoms. The Morgan fingerprint density at radius 3 is 1.83 bits per heavy atom. The predicted octanol–water partition coefficient (Wildman–Crippen LogP) is -3.02. The van der Waals surface area contributed by atoms with Crippen LogP contribution in [0.3, 0.4) is 0 Å². The van der Waals surface area contributed by atoms with Crippen LogP contribution in [0.25, 0.3) is 0 Å². The number of aliphatic hydroxyl groups excluding tert-OH is 1. The van der Waals surface area contributed by atoms with E-state index >= 15 is 0 Å². The normalized spacial score (nSPS) is 12.5. The van der Waals surface area contributed by atoms with E-state index in [1.807, 2.05) is 0 Å². The van der Waals surface area contributed by atoms with E-state index in [2.05, 4.69) is 4.74 Å². The van der Waals surface area contributed by atoms with Gasteiger partial charge in [0.05, 0.1) is 0 Å². The molecule has 0 aliphatic heterocycles. The summed E-state index contributed by atoms with van der Waals surface area (Å²) in [6, 6.07) is 0. The van der Waals surface area contributed by atoms with Gasteiger partial charge in [0.25, 0.3) is 0 Å². The Bertz CT molecular complexity index is 22.8. The van der Waals surface area contributed by atoms with Gasteiger partial charge in [-0.2, -0.15) is 0 Å². The number of aliphatic hydroxyl groups is 1. The first-order chi connectivity index (χ1) is 2.27. The first-order valence-electron chi connectivity index (χ1n) is 1.48. The molecule has 0 rings (SSSR count). The molecular formula is C3H8NaO2+. The second-order valence-corrected chi connectivity index (χ2v) is 0.835. The van der Waals surface area contributed by atoms with Crippen LogP contribution in [0.5, 0.6) is 0 Å². The maximum atomic E-state index is 8.14. The zero-order chi connectivity index (χ0) is 4.28. The molecule has 0 aliphatic rings. The Morgan fingerprint density at radius 2 is 1.83 bits per heavy atom. The summed E-state index contributed by atoms with van der Waals surface area (Å²) in [5.74, 6) is 0. The molecule has 0 aromatic heterocycles. The number of methoxy groups -OCH3 is 1. The van der Waals surface area contributed by atoms with Gasteiger partial charge in [-0.1, -0.05) is 0 Å². The molecule has 0 bridgehead atoms. The van der Waals surface area contributed by atoms with Gasteiger partial charge >= 0.3 is 29.6 Å². The van der Waals surface area contributed by atoms with Crippen molar-refractivity contribution in [3.63, 3.8) is 0 Å². The van der Waals surface area contributed by atoms with E-state index in [9.17, 15) is 0 Å². The van der Waals surface area contributed by atoms with Gasteiger partial charge in [-0.3, -0.25) is 0 Å². The summed E-state index contributed by atoms with van der Waals surface area (Å²) in [6.07, 6.45) is -0.616.